The van der Waals surface area contributed by atoms with Gasteiger partial charge in [0.25, 0.3) is 0 Å². The lowest BCUT2D eigenvalue weighted by molar-refractivity contribution is -0.176. The Morgan fingerprint density at radius 1 is 0.571 bits per heavy atom. The van der Waals surface area contributed by atoms with Crippen LogP contribution in [0.5, 0.6) is 0 Å². The number of ketones is 1. The number of hydrogen-bond acceptors (Lipinski definition) is 11. The molecule has 0 amide bonds. The van der Waals surface area contributed by atoms with E-state index in [1.54, 1.807) is 68.3 Å². The quantitative estimate of drug-likeness (QED) is 0.0940. The molecule has 6 rings (SSSR count). The Morgan fingerprint density at radius 2 is 1.06 bits per heavy atom. The van der Waals surface area contributed by atoms with E-state index in [1.807, 2.05) is 42.5 Å². The maximum absolute atomic E-state index is 12.4. The van der Waals surface area contributed by atoms with Crippen molar-refractivity contribution in [1.82, 2.24) is 0 Å². The average molecular weight is 1070 g/mol. The number of rotatable bonds is 0. The van der Waals surface area contributed by atoms with Crippen molar-refractivity contribution in [2.45, 2.75) is 9.79 Å². The minimum Gasteiger partial charge on any atom is -0.289 e. The minimum absolute atomic E-state index is 0.0781. The van der Waals surface area contributed by atoms with Crippen LogP contribution in [0.2, 0.25) is 0 Å². The zero-order chi connectivity index (χ0) is 36.4. The molecule has 0 unspecified atom stereocenters. The van der Waals surface area contributed by atoms with E-state index in [-0.39, 0.29) is 32.1 Å². The van der Waals surface area contributed by atoms with Gasteiger partial charge in [-0.1, -0.05) is 56.1 Å². The van der Waals surface area contributed by atoms with Crippen LogP contribution in [0.15, 0.2) is 108 Å². The van der Waals surface area contributed by atoms with Gasteiger partial charge in [-0.15, -0.1) is 11.3 Å². The van der Waals surface area contributed by atoms with Gasteiger partial charge in [0.2, 0.25) is 9.84 Å². The summed E-state index contributed by atoms with van der Waals surface area (Å²) in [6.45, 7) is 0. The van der Waals surface area contributed by atoms with Crippen LogP contribution in [0.3, 0.4) is 0 Å². The monoisotopic (exact) mass is 1060 g/mol. The van der Waals surface area contributed by atoms with E-state index in [0.29, 0.717) is 4.47 Å². The predicted octanol–water partition coefficient (Wildman–Crippen LogP) is 6.99. The molecule has 6 nitrogen and oxygen atoms in total. The summed E-state index contributed by atoms with van der Waals surface area (Å²) in [5, 5.41) is 13.6. The second-order valence-electron chi connectivity index (χ2n) is 8.15. The molecule has 5 aromatic rings. The zero-order valence-corrected chi connectivity index (χ0v) is 38.9. The number of fused-ring (bicyclic) bond motifs is 4. The SMILES string of the molecule is O=C1c2ccccc2S(=O)(=O)c2ccc(Br)cc21.O=c1c2ccccc2sc2ccc(Br)cc12.OO.S=S=S=S=S=S.S=S=S=S=S=S=S. The third-order valence-corrected chi connectivity index (χ3v) is 25.2. The molecule has 260 valence electrons. The van der Waals surface area contributed by atoms with Crippen molar-refractivity contribution in [3.63, 3.8) is 0 Å². The van der Waals surface area contributed by atoms with Crippen LogP contribution < -0.4 is 5.43 Å². The fourth-order valence-electron chi connectivity index (χ4n) is 3.90. The van der Waals surface area contributed by atoms with Crippen molar-refractivity contribution in [2.24, 2.45) is 0 Å². The van der Waals surface area contributed by atoms with Gasteiger partial charge in [-0.25, -0.2) is 8.42 Å². The van der Waals surface area contributed by atoms with Gasteiger partial charge in [-0.05, 0) is 60.7 Å². The van der Waals surface area contributed by atoms with E-state index in [2.05, 4.69) is 76.6 Å². The van der Waals surface area contributed by atoms with Crippen LogP contribution in [0.4, 0.5) is 0 Å². The standard InChI is InChI=1S/C13H7BrO3S.C13H7BrOS.H2O2.S7.S6/c14-8-5-6-12-10(7-8)13(15)9-3-1-2-4-11(9)18(12,16)17;14-8-5-6-12-10(7-8)13(15)9-3-1-2-4-11(9)16-12;1-2;1-3-5-7-6-4-2;1-3-5-6-4-2/h1-7H;1-7H;1-2H;;. The Balaban J connectivity index is 0.000000245. The molecule has 0 bridgehead atoms. The highest BCUT2D eigenvalue weighted by Gasteiger charge is 2.34. The topological polar surface area (TPSA) is 109 Å². The lowest BCUT2D eigenvalue weighted by atomic mass is 10.0. The van der Waals surface area contributed by atoms with E-state index in [1.165, 1.54) is 65.4 Å². The molecule has 23 heteroatoms. The Bertz CT molecular complexity index is 2540. The van der Waals surface area contributed by atoms with E-state index in [0.717, 1.165) is 24.6 Å². The lowest BCUT2D eigenvalue weighted by Gasteiger charge is -2.18. The van der Waals surface area contributed by atoms with E-state index in [9.17, 15) is 18.0 Å². The van der Waals surface area contributed by atoms with Crippen molar-refractivity contribution in [2.75, 3.05) is 0 Å². The van der Waals surface area contributed by atoms with Crippen molar-refractivity contribution < 1.29 is 23.7 Å². The molecule has 0 spiro atoms. The fraction of sp³-hybridized carbons (Fsp3) is 0. The van der Waals surface area contributed by atoms with Gasteiger partial charge >= 0.3 is 0 Å². The summed E-state index contributed by atoms with van der Waals surface area (Å²) in [6, 6.07) is 24.5. The zero-order valence-electron chi connectivity index (χ0n) is 23.5. The van der Waals surface area contributed by atoms with Gasteiger partial charge in [0.15, 0.2) is 11.2 Å². The normalized spacial score (nSPS) is 11.2. The van der Waals surface area contributed by atoms with Gasteiger partial charge in [0.1, 0.15) is 0 Å². The Labute approximate surface area is 347 Å². The van der Waals surface area contributed by atoms with Gasteiger partial charge in [-0.2, -0.15) is 0 Å². The lowest BCUT2D eigenvalue weighted by Crippen LogP contribution is -2.19. The number of carbonyl (C=O) groups is 1. The summed E-state index contributed by atoms with van der Waals surface area (Å²) in [5.41, 5.74) is 0.580. The van der Waals surface area contributed by atoms with Crippen LogP contribution in [-0.2, 0) is 135 Å². The van der Waals surface area contributed by atoms with Gasteiger partial charge in [0, 0.05) is 165 Å². The highest BCUT2D eigenvalue weighted by atomic mass is 79.9. The van der Waals surface area contributed by atoms with Gasteiger partial charge in [-0.3, -0.25) is 20.1 Å². The molecule has 0 radical (unpaired) electrons. The number of hydrogen-bond donors (Lipinski definition) is 2. The third-order valence-electron chi connectivity index (χ3n) is 5.63. The van der Waals surface area contributed by atoms with Gasteiger partial charge in [0.05, 0.1) is 9.79 Å². The average Bonchev–Trinajstić information content (AvgIpc) is 3.12. The summed E-state index contributed by atoms with van der Waals surface area (Å²) in [4.78, 5) is 24.7. The Kier molecular flexibility index (Phi) is 22.6. The number of halogens is 2. The molecular formula is C26H16Br2O6S15. The molecule has 0 saturated heterocycles. The maximum atomic E-state index is 12.4. The van der Waals surface area contributed by atoms with Crippen molar-refractivity contribution in [3.8, 4) is 0 Å². The third kappa shape index (κ3) is 13.5. The molecule has 1 aromatic heterocycles. The first-order valence-corrected chi connectivity index (χ1v) is 30.7. The molecule has 49 heavy (non-hydrogen) atoms. The van der Waals surface area contributed by atoms with Gasteiger partial charge < -0.3 is 0 Å². The van der Waals surface area contributed by atoms with E-state index >= 15 is 0 Å². The largest absolute Gasteiger partial charge is 0.289 e. The molecule has 1 aliphatic rings. The number of benzene rings is 4. The van der Waals surface area contributed by atoms with Crippen molar-refractivity contribution in [1.29, 1.82) is 0 Å². The molecule has 2 heterocycles. The first kappa shape index (κ1) is 45.3. The highest BCUT2D eigenvalue weighted by Crippen LogP contribution is 2.35. The van der Waals surface area contributed by atoms with Crippen LogP contribution in [-0.4, -0.2) is 24.7 Å². The molecule has 0 aliphatic carbocycles. The number of sulfone groups is 1. The minimum atomic E-state index is -3.59. The fourth-order valence-corrected chi connectivity index (χ4v) is 21.0. The second kappa shape index (κ2) is 24.4. The van der Waals surface area contributed by atoms with Crippen LogP contribution >= 0.6 is 43.2 Å². The van der Waals surface area contributed by atoms with Crippen molar-refractivity contribution >= 4 is 204 Å². The molecule has 0 saturated carbocycles. The summed E-state index contributed by atoms with van der Waals surface area (Å²) in [6.07, 6.45) is 0. The van der Waals surface area contributed by atoms with Crippen LogP contribution in [0.25, 0.3) is 20.2 Å². The Hall–Kier alpha value is 0.130. The predicted molar refractivity (Wildman–Crippen MR) is 244 cm³/mol. The van der Waals surface area contributed by atoms with Crippen molar-refractivity contribution in [3.05, 3.63) is 115 Å². The smallest absolute Gasteiger partial charge is 0.208 e. The molecule has 2 N–H and O–H groups in total. The summed E-state index contributed by atoms with van der Waals surface area (Å²) >= 11 is 26.5. The molecule has 1 aliphatic heterocycles. The molecular weight excluding hydrogens is 1050 g/mol. The number of carbonyl (C=O) groups excluding carboxylic acids is 1. The summed E-state index contributed by atoms with van der Waals surface area (Å²) in [5.74, 6) is -0.253. The maximum Gasteiger partial charge on any atom is 0.208 e. The summed E-state index contributed by atoms with van der Waals surface area (Å²) in [7, 11) is 9.41. The molecule has 0 fully saturated rings. The Morgan fingerprint density at radius 3 is 1.69 bits per heavy atom. The van der Waals surface area contributed by atoms with Crippen LogP contribution in [0.1, 0.15) is 15.9 Å². The second-order valence-corrected chi connectivity index (χ2v) is 28.9. The first-order chi connectivity index (χ1) is 23.6. The van der Waals surface area contributed by atoms with Crippen LogP contribution in [0, 0.1) is 0 Å². The molecule has 0 atom stereocenters. The highest BCUT2D eigenvalue weighted by molar-refractivity contribution is 9.10. The van der Waals surface area contributed by atoms with E-state index in [4.69, 9.17) is 10.5 Å². The summed E-state index contributed by atoms with van der Waals surface area (Å²) < 4.78 is 28.5. The van der Waals surface area contributed by atoms with E-state index < -0.39 is 9.84 Å². The molecule has 4 aromatic carbocycles. The first-order valence-electron chi connectivity index (χ1n) is 12.1.